The minimum absolute atomic E-state index is 0.386. The van der Waals surface area contributed by atoms with Gasteiger partial charge >= 0.3 is 0 Å². The van der Waals surface area contributed by atoms with Crippen molar-refractivity contribution in [3.05, 3.63) is 47.2 Å². The number of ether oxygens (including phenoxy) is 1. The molecule has 17 heavy (non-hydrogen) atoms. The van der Waals surface area contributed by atoms with E-state index in [1.165, 1.54) is 11.1 Å². The largest absolute Gasteiger partial charge is 0.438 e. The number of benzene rings is 1. The molecule has 2 aromatic rings. The van der Waals surface area contributed by atoms with Crippen LogP contribution in [-0.2, 0) is 6.54 Å². The topological polar surface area (TPSA) is 61.0 Å². The van der Waals surface area contributed by atoms with E-state index < -0.39 is 0 Å². The van der Waals surface area contributed by atoms with Gasteiger partial charge in [0.05, 0.1) is 5.69 Å². The Morgan fingerprint density at radius 3 is 2.47 bits per heavy atom. The second-order valence-electron chi connectivity index (χ2n) is 3.92. The Bertz CT molecular complexity index is 509. The molecule has 1 aromatic heterocycles. The maximum absolute atomic E-state index is 5.60. The SMILES string of the molecule is Cc1ccc(Oc2ccc(CN)nn2)cc1C. The third-order valence-corrected chi connectivity index (χ3v) is 2.61. The Morgan fingerprint density at radius 2 is 1.88 bits per heavy atom. The smallest absolute Gasteiger partial charge is 0.238 e. The number of aryl methyl sites for hydroxylation is 2. The van der Waals surface area contributed by atoms with Crippen LogP contribution in [0.25, 0.3) is 0 Å². The van der Waals surface area contributed by atoms with Crippen molar-refractivity contribution in [1.82, 2.24) is 10.2 Å². The highest BCUT2D eigenvalue weighted by Gasteiger charge is 2.01. The van der Waals surface area contributed by atoms with Gasteiger partial charge in [0, 0.05) is 12.6 Å². The summed E-state index contributed by atoms with van der Waals surface area (Å²) >= 11 is 0. The molecule has 0 spiro atoms. The molecule has 0 aliphatic rings. The number of nitrogens with zero attached hydrogens (tertiary/aromatic N) is 2. The molecule has 0 aliphatic heterocycles. The van der Waals surface area contributed by atoms with E-state index in [9.17, 15) is 0 Å². The van der Waals surface area contributed by atoms with E-state index in [2.05, 4.69) is 17.1 Å². The van der Waals surface area contributed by atoms with E-state index in [-0.39, 0.29) is 0 Å². The Balaban J connectivity index is 2.16. The van der Waals surface area contributed by atoms with Crippen molar-refractivity contribution in [3.63, 3.8) is 0 Å². The number of aromatic nitrogens is 2. The Morgan fingerprint density at radius 1 is 1.06 bits per heavy atom. The van der Waals surface area contributed by atoms with Crippen LogP contribution in [0.3, 0.4) is 0 Å². The minimum Gasteiger partial charge on any atom is -0.438 e. The summed E-state index contributed by atoms with van der Waals surface area (Å²) in [5.74, 6) is 1.24. The number of rotatable bonds is 3. The van der Waals surface area contributed by atoms with E-state index in [0.717, 1.165) is 11.4 Å². The highest BCUT2D eigenvalue weighted by molar-refractivity contribution is 5.35. The van der Waals surface area contributed by atoms with Gasteiger partial charge in [0.25, 0.3) is 0 Å². The second-order valence-corrected chi connectivity index (χ2v) is 3.92. The fourth-order valence-corrected chi connectivity index (χ4v) is 1.41. The van der Waals surface area contributed by atoms with Crippen LogP contribution in [0.2, 0.25) is 0 Å². The van der Waals surface area contributed by atoms with E-state index in [4.69, 9.17) is 10.5 Å². The molecule has 4 heteroatoms. The van der Waals surface area contributed by atoms with Gasteiger partial charge in [-0.2, -0.15) is 5.10 Å². The first-order valence-electron chi connectivity index (χ1n) is 5.47. The zero-order valence-electron chi connectivity index (χ0n) is 9.97. The summed E-state index contributed by atoms with van der Waals surface area (Å²) in [4.78, 5) is 0. The Hall–Kier alpha value is -1.94. The van der Waals surface area contributed by atoms with Crippen LogP contribution in [-0.4, -0.2) is 10.2 Å². The van der Waals surface area contributed by atoms with Gasteiger partial charge in [0.15, 0.2) is 0 Å². The molecule has 0 saturated carbocycles. The van der Waals surface area contributed by atoms with E-state index >= 15 is 0 Å². The molecule has 2 rings (SSSR count). The summed E-state index contributed by atoms with van der Waals surface area (Å²) in [5, 5.41) is 7.88. The molecule has 0 fully saturated rings. The Kier molecular flexibility index (Phi) is 3.35. The van der Waals surface area contributed by atoms with E-state index in [0.29, 0.717) is 12.4 Å². The maximum atomic E-state index is 5.60. The van der Waals surface area contributed by atoms with Gasteiger partial charge in [0.2, 0.25) is 5.88 Å². The van der Waals surface area contributed by atoms with Crippen LogP contribution in [0.4, 0.5) is 0 Å². The Labute approximate surface area is 100 Å². The maximum Gasteiger partial charge on any atom is 0.238 e. The van der Waals surface area contributed by atoms with Gasteiger partial charge in [-0.25, -0.2) is 0 Å². The van der Waals surface area contributed by atoms with Gasteiger partial charge < -0.3 is 10.5 Å². The van der Waals surface area contributed by atoms with Gasteiger partial charge in [-0.3, -0.25) is 0 Å². The summed E-state index contributed by atoms with van der Waals surface area (Å²) in [6.07, 6.45) is 0. The van der Waals surface area contributed by atoms with Crippen molar-refractivity contribution in [3.8, 4) is 11.6 Å². The van der Waals surface area contributed by atoms with Gasteiger partial charge in [-0.05, 0) is 43.2 Å². The summed E-state index contributed by atoms with van der Waals surface area (Å²) in [6.45, 7) is 4.50. The number of hydrogen-bond acceptors (Lipinski definition) is 4. The average molecular weight is 229 g/mol. The minimum atomic E-state index is 0.386. The third-order valence-electron chi connectivity index (χ3n) is 2.61. The fraction of sp³-hybridized carbons (Fsp3) is 0.231. The lowest BCUT2D eigenvalue weighted by atomic mass is 10.1. The molecule has 0 radical (unpaired) electrons. The lowest BCUT2D eigenvalue weighted by Gasteiger charge is -2.06. The first-order chi connectivity index (χ1) is 8.19. The van der Waals surface area contributed by atoms with Crippen molar-refractivity contribution in [2.45, 2.75) is 20.4 Å². The van der Waals surface area contributed by atoms with Crippen molar-refractivity contribution < 1.29 is 4.74 Å². The zero-order chi connectivity index (χ0) is 12.3. The fourth-order valence-electron chi connectivity index (χ4n) is 1.41. The number of nitrogens with two attached hydrogens (primary N) is 1. The molecule has 0 amide bonds. The van der Waals surface area contributed by atoms with E-state index in [1.807, 2.05) is 31.2 Å². The molecule has 0 unspecified atom stereocenters. The van der Waals surface area contributed by atoms with Crippen molar-refractivity contribution in [2.24, 2.45) is 5.73 Å². The lowest BCUT2D eigenvalue weighted by molar-refractivity contribution is 0.453. The number of hydrogen-bond donors (Lipinski definition) is 1. The highest BCUT2D eigenvalue weighted by Crippen LogP contribution is 2.21. The van der Waals surface area contributed by atoms with Crippen molar-refractivity contribution in [2.75, 3.05) is 0 Å². The highest BCUT2D eigenvalue weighted by atomic mass is 16.5. The standard InChI is InChI=1S/C13H15N3O/c1-9-3-5-12(7-10(9)2)17-13-6-4-11(8-14)15-16-13/h3-7H,8,14H2,1-2H3. The molecule has 2 N–H and O–H groups in total. The predicted molar refractivity (Wildman–Crippen MR) is 65.9 cm³/mol. The van der Waals surface area contributed by atoms with E-state index in [1.54, 1.807) is 6.07 Å². The lowest BCUT2D eigenvalue weighted by Crippen LogP contribution is -2.01. The monoisotopic (exact) mass is 229 g/mol. The van der Waals surface area contributed by atoms with Crippen LogP contribution >= 0.6 is 0 Å². The van der Waals surface area contributed by atoms with Crippen LogP contribution in [0, 0.1) is 13.8 Å². The summed E-state index contributed by atoms with van der Waals surface area (Å²) in [6, 6.07) is 9.49. The first kappa shape index (κ1) is 11.5. The average Bonchev–Trinajstić information content (AvgIpc) is 2.35. The van der Waals surface area contributed by atoms with Crippen molar-refractivity contribution >= 4 is 0 Å². The predicted octanol–water partition coefficient (Wildman–Crippen LogP) is 2.34. The normalized spacial score (nSPS) is 10.3. The third kappa shape index (κ3) is 2.79. The van der Waals surface area contributed by atoms with Crippen molar-refractivity contribution in [1.29, 1.82) is 0 Å². The molecule has 1 heterocycles. The molecule has 4 nitrogen and oxygen atoms in total. The van der Waals surface area contributed by atoms with Crippen LogP contribution in [0.15, 0.2) is 30.3 Å². The molecule has 88 valence electrons. The molecule has 1 aromatic carbocycles. The summed E-state index contributed by atoms with van der Waals surface area (Å²) in [7, 11) is 0. The summed E-state index contributed by atoms with van der Waals surface area (Å²) in [5.41, 5.74) is 8.62. The van der Waals surface area contributed by atoms with Gasteiger partial charge in [-0.15, -0.1) is 5.10 Å². The molecular weight excluding hydrogens is 214 g/mol. The molecule has 0 aliphatic carbocycles. The second kappa shape index (κ2) is 4.93. The molecule has 0 saturated heterocycles. The van der Waals surface area contributed by atoms with Crippen LogP contribution < -0.4 is 10.5 Å². The summed E-state index contributed by atoms with van der Waals surface area (Å²) < 4.78 is 5.60. The molecule has 0 atom stereocenters. The van der Waals surface area contributed by atoms with Crippen LogP contribution in [0.1, 0.15) is 16.8 Å². The van der Waals surface area contributed by atoms with Gasteiger partial charge in [0.1, 0.15) is 5.75 Å². The van der Waals surface area contributed by atoms with Crippen LogP contribution in [0.5, 0.6) is 11.6 Å². The molecule has 0 bridgehead atoms. The first-order valence-corrected chi connectivity index (χ1v) is 5.47. The van der Waals surface area contributed by atoms with Gasteiger partial charge in [-0.1, -0.05) is 6.07 Å². The molecular formula is C13H15N3O. The quantitative estimate of drug-likeness (QED) is 0.877. The zero-order valence-corrected chi connectivity index (χ0v) is 9.97.